The van der Waals surface area contributed by atoms with Crippen molar-refractivity contribution in [3.05, 3.63) is 28.6 Å². The summed E-state index contributed by atoms with van der Waals surface area (Å²) in [7, 11) is 0. The normalized spacial score (nSPS) is 33.1. The van der Waals surface area contributed by atoms with Crippen molar-refractivity contribution in [2.24, 2.45) is 11.7 Å². The highest BCUT2D eigenvalue weighted by Crippen LogP contribution is 2.39. The van der Waals surface area contributed by atoms with E-state index in [1.54, 1.807) is 6.07 Å². The molecule has 0 bridgehead atoms. The number of hydrogen-bond acceptors (Lipinski definition) is 6. The van der Waals surface area contributed by atoms with Crippen molar-refractivity contribution in [3.63, 3.8) is 0 Å². The molecule has 1 aromatic heterocycles. The average Bonchev–Trinajstić information content (AvgIpc) is 2.44. The fourth-order valence-electron chi connectivity index (χ4n) is 2.96. The molecular weight excluding hydrogens is 248 g/mol. The number of fused-ring (bicyclic) bond motifs is 1. The molecule has 4 unspecified atom stereocenters. The highest BCUT2D eigenvalue weighted by molar-refractivity contribution is 5.60. The van der Waals surface area contributed by atoms with E-state index in [0.717, 1.165) is 19.4 Å². The number of nitrogens with two attached hydrogens (primary N) is 1. The van der Waals surface area contributed by atoms with Crippen molar-refractivity contribution in [2.75, 3.05) is 11.9 Å². The number of hydrogen-bond donors (Lipinski definition) is 2. The quantitative estimate of drug-likeness (QED) is 0.621. The Bertz CT molecular complexity index is 496. The molecule has 3 rings (SSSR count). The summed E-state index contributed by atoms with van der Waals surface area (Å²) in [5.74, 6) is 0.368. The first-order valence-electron chi connectivity index (χ1n) is 6.40. The van der Waals surface area contributed by atoms with E-state index in [9.17, 15) is 10.1 Å². The molecule has 4 atom stereocenters. The van der Waals surface area contributed by atoms with Gasteiger partial charge < -0.3 is 15.8 Å². The second kappa shape index (κ2) is 4.75. The first-order valence-corrected chi connectivity index (χ1v) is 6.40. The number of rotatable bonds is 3. The third-order valence-corrected chi connectivity index (χ3v) is 4.00. The minimum atomic E-state index is -0.446. The zero-order chi connectivity index (χ0) is 13.4. The predicted octanol–water partition coefficient (Wildman–Crippen LogP) is 0.906. The van der Waals surface area contributed by atoms with Gasteiger partial charge in [0.1, 0.15) is 11.9 Å². The lowest BCUT2D eigenvalue weighted by molar-refractivity contribution is -0.384. The Morgan fingerprint density at radius 1 is 1.58 bits per heavy atom. The first-order chi connectivity index (χ1) is 9.18. The van der Waals surface area contributed by atoms with Crippen LogP contribution in [0.2, 0.25) is 0 Å². The standard InChI is InChI=1S/C12H16N4O3/c13-10-7-2-1-5-19-12(7)11(10)15-8-3-4-14-6-9(8)16(17)18/h3-4,6-7,10-12H,1-2,5,13H2,(H,14,15). The van der Waals surface area contributed by atoms with Crippen LogP contribution < -0.4 is 11.1 Å². The maximum absolute atomic E-state index is 10.9. The molecule has 2 heterocycles. The maximum atomic E-state index is 10.9. The zero-order valence-electron chi connectivity index (χ0n) is 10.4. The minimum Gasteiger partial charge on any atom is -0.376 e. The fraction of sp³-hybridized carbons (Fsp3) is 0.583. The summed E-state index contributed by atoms with van der Waals surface area (Å²) in [5, 5.41) is 14.1. The van der Waals surface area contributed by atoms with Crippen LogP contribution in [0.15, 0.2) is 18.5 Å². The summed E-state index contributed by atoms with van der Waals surface area (Å²) in [6.45, 7) is 0.741. The second-order valence-corrected chi connectivity index (χ2v) is 5.04. The Labute approximate surface area is 110 Å². The van der Waals surface area contributed by atoms with Crippen LogP contribution in [0.1, 0.15) is 12.8 Å². The molecule has 2 aliphatic rings. The summed E-state index contributed by atoms with van der Waals surface area (Å²) in [4.78, 5) is 14.3. The summed E-state index contributed by atoms with van der Waals surface area (Å²) < 4.78 is 5.70. The predicted molar refractivity (Wildman–Crippen MR) is 68.7 cm³/mol. The summed E-state index contributed by atoms with van der Waals surface area (Å²) in [6, 6.07) is 1.52. The van der Waals surface area contributed by atoms with Crippen LogP contribution in [0, 0.1) is 16.0 Å². The van der Waals surface area contributed by atoms with Crippen molar-refractivity contribution in [1.29, 1.82) is 0 Å². The van der Waals surface area contributed by atoms with E-state index in [2.05, 4.69) is 10.3 Å². The Kier molecular flexibility index (Phi) is 3.08. The van der Waals surface area contributed by atoms with Crippen molar-refractivity contribution in [2.45, 2.75) is 31.0 Å². The molecule has 3 N–H and O–H groups in total. The van der Waals surface area contributed by atoms with E-state index in [1.807, 2.05) is 0 Å². The van der Waals surface area contributed by atoms with E-state index < -0.39 is 4.92 Å². The molecule has 1 aliphatic heterocycles. The van der Waals surface area contributed by atoms with Gasteiger partial charge in [-0.1, -0.05) is 0 Å². The van der Waals surface area contributed by atoms with Crippen LogP contribution in [-0.4, -0.2) is 34.7 Å². The number of nitro groups is 1. The maximum Gasteiger partial charge on any atom is 0.310 e. The van der Waals surface area contributed by atoms with Crippen LogP contribution in [0.5, 0.6) is 0 Å². The molecule has 7 nitrogen and oxygen atoms in total. The van der Waals surface area contributed by atoms with Gasteiger partial charge in [-0.2, -0.15) is 0 Å². The highest BCUT2D eigenvalue weighted by atomic mass is 16.6. The second-order valence-electron chi connectivity index (χ2n) is 5.04. The first kappa shape index (κ1) is 12.3. The highest BCUT2D eigenvalue weighted by Gasteiger charge is 2.50. The van der Waals surface area contributed by atoms with Crippen molar-refractivity contribution < 1.29 is 9.66 Å². The van der Waals surface area contributed by atoms with Crippen LogP contribution in [0.25, 0.3) is 0 Å². The van der Waals surface area contributed by atoms with Gasteiger partial charge in [0, 0.05) is 24.8 Å². The molecule has 7 heteroatoms. The molecule has 1 aliphatic carbocycles. The van der Waals surface area contributed by atoms with Gasteiger partial charge in [-0.25, -0.2) is 0 Å². The molecule has 1 aromatic rings. The molecule has 102 valence electrons. The van der Waals surface area contributed by atoms with Crippen LogP contribution >= 0.6 is 0 Å². The number of aromatic nitrogens is 1. The van der Waals surface area contributed by atoms with Gasteiger partial charge in [0.15, 0.2) is 0 Å². The van der Waals surface area contributed by atoms with Gasteiger partial charge in [-0.05, 0) is 18.9 Å². The van der Waals surface area contributed by atoms with Crippen molar-refractivity contribution in [3.8, 4) is 0 Å². The Morgan fingerprint density at radius 3 is 3.21 bits per heavy atom. The van der Waals surface area contributed by atoms with Gasteiger partial charge >= 0.3 is 5.69 Å². The summed E-state index contributed by atoms with van der Waals surface area (Å²) >= 11 is 0. The van der Waals surface area contributed by atoms with Crippen LogP contribution in [0.4, 0.5) is 11.4 Å². The van der Waals surface area contributed by atoms with E-state index in [-0.39, 0.29) is 23.9 Å². The molecule has 0 amide bonds. The fourth-order valence-corrected chi connectivity index (χ4v) is 2.96. The van der Waals surface area contributed by atoms with E-state index in [0.29, 0.717) is 11.6 Å². The number of nitrogens with zero attached hydrogens (tertiary/aromatic N) is 2. The van der Waals surface area contributed by atoms with Gasteiger partial charge in [0.05, 0.1) is 17.1 Å². The van der Waals surface area contributed by atoms with Gasteiger partial charge in [-0.3, -0.25) is 15.1 Å². The Morgan fingerprint density at radius 2 is 2.42 bits per heavy atom. The number of anilines is 1. The molecule has 0 spiro atoms. The molecule has 0 radical (unpaired) electrons. The van der Waals surface area contributed by atoms with Gasteiger partial charge in [0.25, 0.3) is 0 Å². The van der Waals surface area contributed by atoms with Gasteiger partial charge in [-0.15, -0.1) is 0 Å². The molecule has 0 aromatic carbocycles. The third-order valence-electron chi connectivity index (χ3n) is 4.00. The smallest absolute Gasteiger partial charge is 0.310 e. The number of ether oxygens (including phenoxy) is 1. The SMILES string of the molecule is NC1C2CCCOC2C1Nc1ccncc1[N+](=O)[O-]. The summed E-state index contributed by atoms with van der Waals surface area (Å²) in [6.07, 6.45) is 4.95. The molecule has 2 fully saturated rings. The molecule has 1 saturated heterocycles. The lowest BCUT2D eigenvalue weighted by atomic mass is 9.68. The van der Waals surface area contributed by atoms with E-state index >= 15 is 0 Å². The van der Waals surface area contributed by atoms with Gasteiger partial charge in [0.2, 0.25) is 0 Å². The van der Waals surface area contributed by atoms with E-state index in [4.69, 9.17) is 10.5 Å². The Hall–Kier alpha value is -1.73. The molecule has 1 saturated carbocycles. The zero-order valence-corrected chi connectivity index (χ0v) is 10.4. The van der Waals surface area contributed by atoms with Crippen LogP contribution in [-0.2, 0) is 4.74 Å². The van der Waals surface area contributed by atoms with Crippen molar-refractivity contribution in [1.82, 2.24) is 4.98 Å². The lowest BCUT2D eigenvalue weighted by Gasteiger charge is -2.52. The summed E-state index contributed by atoms with van der Waals surface area (Å²) in [5.41, 5.74) is 6.54. The van der Waals surface area contributed by atoms with Crippen LogP contribution in [0.3, 0.4) is 0 Å². The number of nitrogens with one attached hydrogen (secondary N) is 1. The number of pyridine rings is 1. The van der Waals surface area contributed by atoms with Crippen molar-refractivity contribution >= 4 is 11.4 Å². The van der Waals surface area contributed by atoms with E-state index in [1.165, 1.54) is 12.4 Å². The minimum absolute atomic E-state index is 0.0157. The largest absolute Gasteiger partial charge is 0.376 e. The topological polar surface area (TPSA) is 103 Å². The average molecular weight is 264 g/mol. The molecular formula is C12H16N4O3. The monoisotopic (exact) mass is 264 g/mol. The lowest BCUT2D eigenvalue weighted by Crippen LogP contribution is -2.69. The molecule has 19 heavy (non-hydrogen) atoms. The third kappa shape index (κ3) is 2.04. The Balaban J connectivity index is 1.77.